The van der Waals surface area contributed by atoms with Crippen LogP contribution in [0.5, 0.6) is 0 Å². The van der Waals surface area contributed by atoms with Crippen LogP contribution in [0.15, 0.2) is 0 Å². The fourth-order valence-corrected chi connectivity index (χ4v) is 0.519. The van der Waals surface area contributed by atoms with Crippen LogP contribution < -0.4 is 40.0 Å². The fraction of sp³-hybridized carbons (Fsp3) is 0.714. The molecule has 0 spiro atoms. The van der Waals surface area contributed by atoms with E-state index in [-0.39, 0.29) is 41.4 Å². The van der Waals surface area contributed by atoms with Crippen LogP contribution in [0, 0.1) is 5.92 Å². The first-order valence-electron chi connectivity index (χ1n) is 3.55. The molecule has 1 N–H and O–H groups in total. The van der Waals surface area contributed by atoms with Crippen molar-refractivity contribution in [2.75, 3.05) is 6.54 Å². The van der Waals surface area contributed by atoms with Gasteiger partial charge in [0.1, 0.15) is 0 Å². The van der Waals surface area contributed by atoms with Crippen molar-refractivity contribution in [3.05, 3.63) is 0 Å². The second kappa shape index (κ2) is 7.58. The van der Waals surface area contributed by atoms with E-state index in [0.717, 1.165) is 0 Å². The number of nitrogens with one attached hydrogen (secondary N) is 1. The third-order valence-corrected chi connectivity index (χ3v) is 1.47. The maximum absolute atomic E-state index is 10.9. The first-order valence-corrected chi connectivity index (χ1v) is 3.55. The van der Waals surface area contributed by atoms with Crippen LogP contribution in [0.4, 0.5) is 0 Å². The van der Waals surface area contributed by atoms with Gasteiger partial charge in [0, 0.05) is 5.92 Å². The van der Waals surface area contributed by atoms with E-state index in [4.69, 9.17) is 0 Å². The van der Waals surface area contributed by atoms with Crippen molar-refractivity contribution in [1.29, 1.82) is 0 Å². The average molecular weight is 181 g/mol. The van der Waals surface area contributed by atoms with Crippen molar-refractivity contribution in [3.63, 3.8) is 0 Å². The minimum atomic E-state index is -1.26. The number of rotatable bonds is 4. The van der Waals surface area contributed by atoms with Crippen LogP contribution in [-0.2, 0) is 9.59 Å². The van der Waals surface area contributed by atoms with E-state index in [9.17, 15) is 14.7 Å². The summed E-state index contributed by atoms with van der Waals surface area (Å²) in [5.41, 5.74) is 0. The van der Waals surface area contributed by atoms with Crippen molar-refractivity contribution in [1.82, 2.24) is 5.32 Å². The molecule has 0 aliphatic rings. The van der Waals surface area contributed by atoms with Gasteiger partial charge in [-0.05, 0) is 6.42 Å². The molecule has 1 amide bonds. The molecule has 12 heavy (non-hydrogen) atoms. The van der Waals surface area contributed by atoms with E-state index in [0.29, 0.717) is 6.42 Å². The first-order chi connectivity index (χ1) is 5.07. The molecule has 0 rings (SSSR count). The molecule has 0 fully saturated rings. The van der Waals surface area contributed by atoms with Gasteiger partial charge in [-0.3, -0.25) is 4.79 Å². The minimum Gasteiger partial charge on any atom is -0.548 e. The third kappa shape index (κ3) is 6.64. The molecule has 0 aromatic rings. The number of carbonyl (C=O) groups excluding carboxylic acids is 2. The maximum atomic E-state index is 10.9. The average Bonchev–Trinajstić information content (AvgIpc) is 1.98. The largest absolute Gasteiger partial charge is 1.00 e. The molecule has 0 aromatic heterocycles. The van der Waals surface area contributed by atoms with Crippen LogP contribution >= 0.6 is 0 Å². The van der Waals surface area contributed by atoms with E-state index >= 15 is 0 Å². The summed E-state index contributed by atoms with van der Waals surface area (Å²) in [6.45, 7) is 3.21. The van der Waals surface area contributed by atoms with Crippen molar-refractivity contribution in [2.24, 2.45) is 5.92 Å². The number of aliphatic carboxylic acids is 1. The standard InChI is InChI=1S/C7H13NO3.Na/c1-3-5(2)7(11)8-4-6(9)10;/h5H,3-4H2,1-2H3,(H,8,11)(H,9,10);/q;+1/p-1. The molecule has 0 heterocycles. The van der Waals surface area contributed by atoms with Crippen molar-refractivity contribution < 1.29 is 44.3 Å². The normalized spacial score (nSPS) is 11.2. The Kier molecular flexibility index (Phi) is 9.14. The molecule has 0 saturated carbocycles. The smallest absolute Gasteiger partial charge is 0.548 e. The monoisotopic (exact) mass is 181 g/mol. The summed E-state index contributed by atoms with van der Waals surface area (Å²) >= 11 is 0. The second-order valence-corrected chi connectivity index (χ2v) is 2.40. The summed E-state index contributed by atoms with van der Waals surface area (Å²) in [4.78, 5) is 20.8. The quantitative estimate of drug-likeness (QED) is 0.448. The molecular formula is C7H12NNaO3. The van der Waals surface area contributed by atoms with Crippen molar-refractivity contribution in [3.8, 4) is 0 Å². The molecule has 1 atom stereocenters. The molecule has 0 aromatic carbocycles. The Bertz CT molecular complexity index is 161. The van der Waals surface area contributed by atoms with E-state index in [1.54, 1.807) is 6.92 Å². The molecule has 0 aliphatic heterocycles. The summed E-state index contributed by atoms with van der Waals surface area (Å²) in [6.07, 6.45) is 0.707. The van der Waals surface area contributed by atoms with E-state index in [1.807, 2.05) is 6.92 Å². The Morgan fingerprint density at radius 3 is 2.33 bits per heavy atom. The van der Waals surface area contributed by atoms with Gasteiger partial charge in [-0.2, -0.15) is 0 Å². The molecule has 1 unspecified atom stereocenters. The Morgan fingerprint density at radius 1 is 1.50 bits per heavy atom. The summed E-state index contributed by atoms with van der Waals surface area (Å²) in [6, 6.07) is 0. The van der Waals surface area contributed by atoms with E-state index in [1.165, 1.54) is 0 Å². The number of hydrogen-bond donors (Lipinski definition) is 1. The van der Waals surface area contributed by atoms with Gasteiger partial charge in [0.15, 0.2) is 0 Å². The Morgan fingerprint density at radius 2 is 2.00 bits per heavy atom. The Labute approximate surface area is 94.0 Å². The SMILES string of the molecule is CCC(C)C(=O)NCC(=O)[O-].[Na+]. The third-order valence-electron chi connectivity index (χ3n) is 1.47. The summed E-state index contributed by atoms with van der Waals surface area (Å²) in [5, 5.41) is 12.1. The number of amides is 1. The van der Waals surface area contributed by atoms with Crippen LogP contribution in [0.3, 0.4) is 0 Å². The molecule has 5 heteroatoms. The van der Waals surface area contributed by atoms with Crippen LogP contribution in [0.25, 0.3) is 0 Å². The van der Waals surface area contributed by atoms with Crippen LogP contribution in [-0.4, -0.2) is 18.4 Å². The van der Waals surface area contributed by atoms with Gasteiger partial charge >= 0.3 is 29.6 Å². The summed E-state index contributed by atoms with van der Waals surface area (Å²) < 4.78 is 0. The zero-order chi connectivity index (χ0) is 8.85. The first kappa shape index (κ1) is 14.5. The second-order valence-electron chi connectivity index (χ2n) is 2.40. The topological polar surface area (TPSA) is 69.2 Å². The Balaban J connectivity index is 0. The predicted molar refractivity (Wildman–Crippen MR) is 37.5 cm³/mol. The van der Waals surface area contributed by atoms with Crippen LogP contribution in [0.2, 0.25) is 0 Å². The zero-order valence-corrected chi connectivity index (χ0v) is 9.72. The van der Waals surface area contributed by atoms with Gasteiger partial charge in [0.2, 0.25) is 5.91 Å². The van der Waals surface area contributed by atoms with E-state index in [2.05, 4.69) is 5.32 Å². The van der Waals surface area contributed by atoms with E-state index < -0.39 is 12.5 Å². The van der Waals surface area contributed by atoms with Gasteiger partial charge in [0.25, 0.3) is 0 Å². The maximum Gasteiger partial charge on any atom is 1.00 e. The minimum absolute atomic E-state index is 0. The van der Waals surface area contributed by atoms with Gasteiger partial charge in [-0.25, -0.2) is 0 Å². The number of carbonyl (C=O) groups is 2. The molecule has 4 nitrogen and oxygen atoms in total. The molecule has 0 radical (unpaired) electrons. The van der Waals surface area contributed by atoms with Crippen molar-refractivity contribution >= 4 is 11.9 Å². The van der Waals surface area contributed by atoms with Gasteiger partial charge in [0.05, 0.1) is 12.5 Å². The predicted octanol–water partition coefficient (Wildman–Crippen LogP) is -4.10. The fourth-order valence-electron chi connectivity index (χ4n) is 0.519. The van der Waals surface area contributed by atoms with Gasteiger partial charge in [-0.1, -0.05) is 13.8 Å². The van der Waals surface area contributed by atoms with Gasteiger partial charge < -0.3 is 15.2 Å². The number of carboxylic acid groups (broad SMARTS) is 1. The zero-order valence-electron chi connectivity index (χ0n) is 7.72. The number of carboxylic acids is 1. The van der Waals surface area contributed by atoms with Gasteiger partial charge in [-0.15, -0.1) is 0 Å². The number of hydrogen-bond acceptors (Lipinski definition) is 3. The molecule has 64 valence electrons. The molecule has 0 saturated heterocycles. The van der Waals surface area contributed by atoms with Crippen molar-refractivity contribution in [2.45, 2.75) is 20.3 Å². The van der Waals surface area contributed by atoms with Crippen LogP contribution in [0.1, 0.15) is 20.3 Å². The summed E-state index contributed by atoms with van der Waals surface area (Å²) in [5.74, 6) is -1.63. The molecule has 0 aliphatic carbocycles. The summed E-state index contributed by atoms with van der Waals surface area (Å²) in [7, 11) is 0. The molecule has 0 bridgehead atoms. The Hall–Kier alpha value is -0.0600. The molecular weight excluding hydrogens is 169 g/mol.